The quantitative estimate of drug-likeness (QED) is 0.654. The molecule has 0 spiro atoms. The van der Waals surface area contributed by atoms with Crippen molar-refractivity contribution in [3.8, 4) is 0 Å². The van der Waals surface area contributed by atoms with Crippen molar-refractivity contribution in [1.82, 2.24) is 9.21 Å². The Kier molecular flexibility index (Phi) is 7.54. The van der Waals surface area contributed by atoms with Crippen molar-refractivity contribution in [2.24, 2.45) is 5.92 Å². The van der Waals surface area contributed by atoms with Crippen molar-refractivity contribution in [3.63, 3.8) is 0 Å². The topological polar surface area (TPSA) is 84.0 Å². The Balaban J connectivity index is 1.47. The minimum Gasteiger partial charge on any atom is -0.455 e. The van der Waals surface area contributed by atoms with Crippen LogP contribution in [0.5, 0.6) is 0 Å². The zero-order valence-corrected chi connectivity index (χ0v) is 18.0. The molecule has 7 nitrogen and oxygen atoms in total. The predicted octanol–water partition coefficient (Wildman–Crippen LogP) is 2.69. The molecular weight excluding hydrogens is 416 g/mol. The first-order valence-corrected chi connectivity index (χ1v) is 11.9. The van der Waals surface area contributed by atoms with E-state index in [1.54, 1.807) is 17.0 Å². The first-order valence-electron chi connectivity index (χ1n) is 10.1. The molecule has 2 saturated heterocycles. The zero-order valence-electron chi connectivity index (χ0n) is 16.4. The zero-order chi connectivity index (χ0) is 20.9. The van der Waals surface area contributed by atoms with E-state index in [4.69, 9.17) is 16.3 Å². The number of hydrogen-bond acceptors (Lipinski definition) is 5. The Hall–Kier alpha value is -1.64. The minimum atomic E-state index is -3.61. The van der Waals surface area contributed by atoms with Crippen LogP contribution in [0.4, 0.5) is 0 Å². The second-order valence-corrected chi connectivity index (χ2v) is 9.91. The highest BCUT2D eigenvalue weighted by atomic mass is 35.5. The highest BCUT2D eigenvalue weighted by molar-refractivity contribution is 7.89. The largest absolute Gasteiger partial charge is 0.455 e. The summed E-state index contributed by atoms with van der Waals surface area (Å²) in [5, 5.41) is 0.472. The molecule has 9 heteroatoms. The molecule has 0 unspecified atom stereocenters. The van der Waals surface area contributed by atoms with Crippen LogP contribution in [0.2, 0.25) is 5.02 Å². The fourth-order valence-corrected chi connectivity index (χ4v) is 5.35. The molecule has 29 heavy (non-hydrogen) atoms. The van der Waals surface area contributed by atoms with Gasteiger partial charge in [0.1, 0.15) is 0 Å². The van der Waals surface area contributed by atoms with Crippen LogP contribution in [0.1, 0.15) is 38.5 Å². The number of benzene rings is 1. The molecule has 0 saturated carbocycles. The van der Waals surface area contributed by atoms with Crippen LogP contribution in [-0.4, -0.2) is 62.3 Å². The summed E-state index contributed by atoms with van der Waals surface area (Å²) in [7, 11) is -3.61. The molecule has 2 heterocycles. The van der Waals surface area contributed by atoms with E-state index < -0.39 is 16.0 Å². The van der Waals surface area contributed by atoms with Crippen molar-refractivity contribution in [2.75, 3.05) is 32.8 Å². The number of nitrogens with zero attached hydrogens (tertiary/aromatic N) is 2. The number of rotatable bonds is 5. The van der Waals surface area contributed by atoms with Gasteiger partial charge in [-0.1, -0.05) is 24.4 Å². The van der Waals surface area contributed by atoms with Gasteiger partial charge in [-0.2, -0.15) is 4.31 Å². The van der Waals surface area contributed by atoms with E-state index in [-0.39, 0.29) is 36.4 Å². The molecule has 0 N–H and O–H groups in total. The van der Waals surface area contributed by atoms with Gasteiger partial charge in [0.2, 0.25) is 10.0 Å². The van der Waals surface area contributed by atoms with Gasteiger partial charge in [0.25, 0.3) is 5.91 Å². The average molecular weight is 443 g/mol. The molecule has 2 aliphatic rings. The van der Waals surface area contributed by atoms with Gasteiger partial charge >= 0.3 is 5.97 Å². The van der Waals surface area contributed by atoms with Gasteiger partial charge in [0, 0.05) is 31.2 Å². The maximum atomic E-state index is 12.7. The summed E-state index contributed by atoms with van der Waals surface area (Å²) in [6.45, 7) is 1.69. The third kappa shape index (κ3) is 5.71. The van der Waals surface area contributed by atoms with E-state index in [0.717, 1.165) is 38.8 Å². The van der Waals surface area contributed by atoms with E-state index in [0.29, 0.717) is 17.9 Å². The van der Waals surface area contributed by atoms with Gasteiger partial charge < -0.3 is 9.64 Å². The van der Waals surface area contributed by atoms with E-state index in [9.17, 15) is 18.0 Å². The smallest absolute Gasteiger partial charge is 0.309 e. The summed E-state index contributed by atoms with van der Waals surface area (Å²) in [5.74, 6) is -0.955. The Labute approximate surface area is 177 Å². The SMILES string of the molecule is O=C(OCC(=O)N1CCCCCC1)C1CCN(S(=O)(=O)c2ccc(Cl)cc2)CC1. The lowest BCUT2D eigenvalue weighted by molar-refractivity contribution is -0.156. The van der Waals surface area contributed by atoms with Crippen molar-refractivity contribution in [2.45, 2.75) is 43.4 Å². The predicted molar refractivity (Wildman–Crippen MR) is 109 cm³/mol. The van der Waals surface area contributed by atoms with Gasteiger partial charge in [-0.05, 0) is 49.9 Å². The average Bonchev–Trinajstić information content (AvgIpc) is 3.02. The molecule has 3 rings (SSSR count). The number of carbonyl (C=O) groups excluding carboxylic acids is 2. The number of likely N-dealkylation sites (tertiary alicyclic amines) is 1. The lowest BCUT2D eigenvalue weighted by atomic mass is 9.98. The van der Waals surface area contributed by atoms with E-state index in [1.165, 1.54) is 16.4 Å². The third-order valence-corrected chi connectivity index (χ3v) is 7.70. The molecule has 0 radical (unpaired) electrons. The van der Waals surface area contributed by atoms with Gasteiger partial charge in [-0.3, -0.25) is 9.59 Å². The number of halogens is 1. The highest BCUT2D eigenvalue weighted by Crippen LogP contribution is 2.25. The van der Waals surface area contributed by atoms with Crippen LogP contribution in [0.3, 0.4) is 0 Å². The summed E-state index contributed by atoms with van der Waals surface area (Å²) < 4.78 is 32.0. The van der Waals surface area contributed by atoms with Crippen LogP contribution in [-0.2, 0) is 24.3 Å². The molecule has 2 aliphatic heterocycles. The first kappa shape index (κ1) is 22.1. The summed E-state index contributed by atoms with van der Waals surface area (Å²) in [6, 6.07) is 6.04. The lowest BCUT2D eigenvalue weighted by Gasteiger charge is -2.30. The Morgan fingerprint density at radius 3 is 2.14 bits per heavy atom. The first-order chi connectivity index (χ1) is 13.9. The van der Waals surface area contributed by atoms with Crippen molar-refractivity contribution in [3.05, 3.63) is 29.3 Å². The highest BCUT2D eigenvalue weighted by Gasteiger charge is 2.33. The third-order valence-electron chi connectivity index (χ3n) is 5.54. The van der Waals surface area contributed by atoms with Gasteiger partial charge in [0.15, 0.2) is 6.61 Å². The van der Waals surface area contributed by atoms with E-state index in [1.807, 2.05) is 0 Å². The van der Waals surface area contributed by atoms with E-state index in [2.05, 4.69) is 0 Å². The van der Waals surface area contributed by atoms with Crippen LogP contribution < -0.4 is 0 Å². The number of amides is 1. The van der Waals surface area contributed by atoms with Crippen LogP contribution in [0, 0.1) is 5.92 Å². The fraction of sp³-hybridized carbons (Fsp3) is 0.600. The molecule has 0 aromatic heterocycles. The normalized spacial score (nSPS) is 19.6. The molecule has 1 aromatic carbocycles. The van der Waals surface area contributed by atoms with Gasteiger partial charge in [-0.25, -0.2) is 8.42 Å². The summed E-state index contributed by atoms with van der Waals surface area (Å²) in [6.07, 6.45) is 4.98. The molecule has 0 aliphatic carbocycles. The van der Waals surface area contributed by atoms with Crippen molar-refractivity contribution >= 4 is 33.5 Å². The van der Waals surface area contributed by atoms with Crippen LogP contribution in [0.15, 0.2) is 29.2 Å². The number of esters is 1. The molecule has 2 fully saturated rings. The number of hydrogen-bond donors (Lipinski definition) is 0. The van der Waals surface area contributed by atoms with Crippen molar-refractivity contribution in [1.29, 1.82) is 0 Å². The second-order valence-electron chi connectivity index (χ2n) is 7.53. The monoisotopic (exact) mass is 442 g/mol. The molecular formula is C20H27ClN2O5S. The number of sulfonamides is 1. The van der Waals surface area contributed by atoms with Crippen LogP contribution >= 0.6 is 11.6 Å². The molecule has 1 amide bonds. The summed E-state index contributed by atoms with van der Waals surface area (Å²) in [5.41, 5.74) is 0. The molecule has 0 bridgehead atoms. The summed E-state index contributed by atoms with van der Waals surface area (Å²) >= 11 is 5.82. The Morgan fingerprint density at radius 2 is 1.55 bits per heavy atom. The Bertz CT molecular complexity index is 812. The van der Waals surface area contributed by atoms with Gasteiger partial charge in [-0.15, -0.1) is 0 Å². The summed E-state index contributed by atoms with van der Waals surface area (Å²) in [4.78, 5) is 26.5. The van der Waals surface area contributed by atoms with Crippen LogP contribution in [0.25, 0.3) is 0 Å². The number of ether oxygens (including phenoxy) is 1. The maximum absolute atomic E-state index is 12.7. The number of carbonyl (C=O) groups is 2. The minimum absolute atomic E-state index is 0.150. The standard InChI is InChI=1S/C20H27ClN2O5S/c21-17-5-7-18(8-6-17)29(26,27)23-13-9-16(10-14-23)20(25)28-15-19(24)22-11-3-1-2-4-12-22/h5-8,16H,1-4,9-15H2. The molecule has 1 aromatic rings. The Morgan fingerprint density at radius 1 is 0.966 bits per heavy atom. The second kappa shape index (κ2) is 9.91. The molecule has 160 valence electrons. The lowest BCUT2D eigenvalue weighted by Crippen LogP contribution is -2.41. The van der Waals surface area contributed by atoms with Crippen molar-refractivity contribution < 1.29 is 22.7 Å². The van der Waals surface area contributed by atoms with E-state index >= 15 is 0 Å². The fourth-order valence-electron chi connectivity index (χ4n) is 3.75. The molecule has 0 atom stereocenters. The number of piperidine rings is 1. The van der Waals surface area contributed by atoms with Gasteiger partial charge in [0.05, 0.1) is 10.8 Å². The maximum Gasteiger partial charge on any atom is 0.309 e.